The summed E-state index contributed by atoms with van der Waals surface area (Å²) >= 11 is 3.93. The molecule has 0 amide bonds. The Labute approximate surface area is 72.0 Å². The third-order valence-corrected chi connectivity index (χ3v) is 3.18. The Hall–Kier alpha value is -0.150. The molecule has 1 nitrogen and oxygen atoms in total. The normalized spacial score (nSPS) is 24.4. The summed E-state index contributed by atoms with van der Waals surface area (Å²) in [5.41, 5.74) is 1.06. The summed E-state index contributed by atoms with van der Waals surface area (Å²) in [7, 11) is 0. The van der Waals surface area contributed by atoms with Gasteiger partial charge in [-0.05, 0) is 12.5 Å². The van der Waals surface area contributed by atoms with E-state index in [0.717, 1.165) is 10.4 Å². The number of halogens is 1. The van der Waals surface area contributed by atoms with Crippen LogP contribution in [0, 0.1) is 0 Å². The fourth-order valence-electron chi connectivity index (χ4n) is 0.796. The van der Waals surface area contributed by atoms with Crippen molar-refractivity contribution in [3.05, 3.63) is 23.8 Å². The molecule has 0 saturated carbocycles. The zero-order valence-corrected chi connectivity index (χ0v) is 7.91. The average molecular weight is 219 g/mol. The maximum atomic E-state index is 10.5. The Morgan fingerprint density at radius 1 is 1.70 bits per heavy atom. The summed E-state index contributed by atoms with van der Waals surface area (Å²) in [5.74, 6) is 0. The highest BCUT2D eigenvalue weighted by Crippen LogP contribution is 2.14. The van der Waals surface area contributed by atoms with Crippen LogP contribution in [-0.2, 0) is 11.3 Å². The van der Waals surface area contributed by atoms with Crippen molar-refractivity contribution >= 4 is 32.1 Å². The van der Waals surface area contributed by atoms with Crippen molar-refractivity contribution in [2.75, 3.05) is 0 Å². The lowest BCUT2D eigenvalue weighted by Gasteiger charge is -2.09. The Kier molecular flexibility index (Phi) is 2.63. The van der Waals surface area contributed by atoms with Gasteiger partial charge in [-0.2, -0.15) is 0 Å². The van der Waals surface area contributed by atoms with Gasteiger partial charge in [-0.1, -0.05) is 34.2 Å². The summed E-state index contributed by atoms with van der Waals surface area (Å²) in [6.45, 7) is 1.94. The highest BCUT2D eigenvalue weighted by Gasteiger charge is 2.12. The molecule has 0 N–H and O–H groups in total. The summed E-state index contributed by atoms with van der Waals surface area (Å²) in [6.07, 6.45) is 5.85. The highest BCUT2D eigenvalue weighted by molar-refractivity contribution is 9.10. The number of hydrogen-bond donors (Lipinski definition) is 0. The van der Waals surface area contributed by atoms with Crippen LogP contribution in [0.2, 0.25) is 0 Å². The molecule has 0 radical (unpaired) electrons. The topological polar surface area (TPSA) is 17.1 Å². The largest absolute Gasteiger partial charge is 0.212 e. The van der Waals surface area contributed by atoms with E-state index in [1.54, 1.807) is 0 Å². The molecule has 0 fully saturated rings. The summed E-state index contributed by atoms with van der Waals surface area (Å²) in [6, 6.07) is 0. The lowest BCUT2D eigenvalue weighted by atomic mass is 10.1. The number of hydrogen-bond acceptors (Lipinski definition) is 1. The summed E-state index contributed by atoms with van der Waals surface area (Å²) < 4.78 is 10.5. The third-order valence-electron chi connectivity index (χ3n) is 1.36. The molecule has 0 spiro atoms. The second-order valence-corrected chi connectivity index (χ2v) is 3.68. The van der Waals surface area contributed by atoms with E-state index >= 15 is 0 Å². The predicted molar refractivity (Wildman–Crippen MR) is 48.8 cm³/mol. The molecule has 1 unspecified atom stereocenters. The molecule has 0 heterocycles. The standard InChI is InChI=1S/C7H7BrOS/c1-5-3-2-4-6(8)7(5)10-9/h2-4,6H,1H3. The Morgan fingerprint density at radius 3 is 2.80 bits per heavy atom. The van der Waals surface area contributed by atoms with Gasteiger partial charge in [0.2, 0.25) is 0 Å². The molecule has 0 aromatic carbocycles. The zero-order valence-electron chi connectivity index (χ0n) is 5.50. The van der Waals surface area contributed by atoms with Crippen LogP contribution in [-0.4, -0.2) is 13.9 Å². The molecular formula is C7H7BrOS. The van der Waals surface area contributed by atoms with Gasteiger partial charge in [0.25, 0.3) is 0 Å². The van der Waals surface area contributed by atoms with Gasteiger partial charge in [0.1, 0.15) is 0 Å². The minimum Gasteiger partial charge on any atom is -0.212 e. The predicted octanol–water partition coefficient (Wildman–Crippen LogP) is 1.65. The van der Waals surface area contributed by atoms with E-state index in [9.17, 15) is 4.21 Å². The minimum absolute atomic E-state index is 0.125. The van der Waals surface area contributed by atoms with Crippen LogP contribution < -0.4 is 0 Å². The smallest absolute Gasteiger partial charge is 0.0938 e. The zero-order chi connectivity index (χ0) is 7.56. The molecule has 1 aliphatic carbocycles. The number of allylic oxidation sites excluding steroid dienone is 4. The molecule has 0 aromatic rings. The molecule has 0 bridgehead atoms. The van der Waals surface area contributed by atoms with Crippen molar-refractivity contribution in [3.8, 4) is 0 Å². The van der Waals surface area contributed by atoms with E-state index in [1.165, 1.54) is 0 Å². The van der Waals surface area contributed by atoms with Crippen molar-refractivity contribution in [2.24, 2.45) is 0 Å². The first-order valence-corrected chi connectivity index (χ1v) is 4.57. The van der Waals surface area contributed by atoms with E-state index in [0.29, 0.717) is 11.3 Å². The van der Waals surface area contributed by atoms with Gasteiger partial charge in [0.05, 0.1) is 20.9 Å². The molecule has 1 atom stereocenters. The fourth-order valence-corrected chi connectivity index (χ4v) is 1.93. The SMILES string of the molecule is CC1=CC=CC(Br)C1=S=O. The Morgan fingerprint density at radius 2 is 2.40 bits per heavy atom. The molecule has 1 rings (SSSR count). The van der Waals surface area contributed by atoms with Crippen LogP contribution in [0.3, 0.4) is 0 Å². The summed E-state index contributed by atoms with van der Waals surface area (Å²) in [5, 5.41) is 0. The van der Waals surface area contributed by atoms with E-state index in [4.69, 9.17) is 0 Å². The molecule has 0 saturated heterocycles. The second kappa shape index (κ2) is 3.30. The van der Waals surface area contributed by atoms with E-state index in [1.807, 2.05) is 25.2 Å². The maximum absolute atomic E-state index is 10.5. The van der Waals surface area contributed by atoms with Crippen LogP contribution in [0.1, 0.15) is 6.92 Å². The lowest BCUT2D eigenvalue weighted by molar-refractivity contribution is 0.701. The van der Waals surface area contributed by atoms with Crippen LogP contribution in [0.15, 0.2) is 23.8 Å². The van der Waals surface area contributed by atoms with Crippen molar-refractivity contribution in [3.63, 3.8) is 0 Å². The lowest BCUT2D eigenvalue weighted by Crippen LogP contribution is -2.14. The van der Waals surface area contributed by atoms with Crippen LogP contribution in [0.25, 0.3) is 0 Å². The van der Waals surface area contributed by atoms with E-state index in [2.05, 4.69) is 15.9 Å². The first-order valence-electron chi connectivity index (χ1n) is 2.92. The van der Waals surface area contributed by atoms with Crippen LogP contribution in [0.5, 0.6) is 0 Å². The van der Waals surface area contributed by atoms with Gasteiger partial charge in [0.15, 0.2) is 0 Å². The number of rotatable bonds is 0. The van der Waals surface area contributed by atoms with Gasteiger partial charge in [0, 0.05) is 0 Å². The first-order chi connectivity index (χ1) is 4.75. The van der Waals surface area contributed by atoms with Crippen molar-refractivity contribution in [1.82, 2.24) is 0 Å². The van der Waals surface area contributed by atoms with Gasteiger partial charge >= 0.3 is 0 Å². The first kappa shape index (κ1) is 7.95. The maximum Gasteiger partial charge on any atom is 0.0938 e. The quantitative estimate of drug-likeness (QED) is 0.447. The van der Waals surface area contributed by atoms with E-state index in [-0.39, 0.29) is 4.83 Å². The van der Waals surface area contributed by atoms with Crippen LogP contribution >= 0.6 is 15.9 Å². The van der Waals surface area contributed by atoms with Crippen molar-refractivity contribution in [1.29, 1.82) is 0 Å². The number of alkyl halides is 1. The summed E-state index contributed by atoms with van der Waals surface area (Å²) in [4.78, 5) is 0.988. The highest BCUT2D eigenvalue weighted by atomic mass is 79.9. The van der Waals surface area contributed by atoms with Crippen LogP contribution in [0.4, 0.5) is 0 Å². The monoisotopic (exact) mass is 218 g/mol. The van der Waals surface area contributed by atoms with Gasteiger partial charge in [-0.25, -0.2) is 4.21 Å². The van der Waals surface area contributed by atoms with E-state index < -0.39 is 0 Å². The Balaban J connectivity index is 3.04. The molecule has 0 aliphatic heterocycles. The molecular weight excluding hydrogens is 212 g/mol. The minimum atomic E-state index is 0.125. The fraction of sp³-hybridized carbons (Fsp3) is 0.286. The van der Waals surface area contributed by atoms with Gasteiger partial charge < -0.3 is 0 Å². The van der Waals surface area contributed by atoms with Crippen molar-refractivity contribution < 1.29 is 4.21 Å². The van der Waals surface area contributed by atoms with Gasteiger partial charge in [-0.15, -0.1) is 0 Å². The van der Waals surface area contributed by atoms with Gasteiger partial charge in [-0.3, -0.25) is 0 Å². The molecule has 0 aromatic heterocycles. The average Bonchev–Trinajstić information content (AvgIpc) is 1.88. The Bertz CT molecular complexity index is 248. The second-order valence-electron chi connectivity index (χ2n) is 2.08. The molecule has 54 valence electrons. The van der Waals surface area contributed by atoms with Crippen molar-refractivity contribution in [2.45, 2.75) is 11.8 Å². The molecule has 1 aliphatic rings. The molecule has 10 heavy (non-hydrogen) atoms. The third kappa shape index (κ3) is 1.47. The molecule has 3 heteroatoms.